The van der Waals surface area contributed by atoms with Crippen molar-refractivity contribution in [3.63, 3.8) is 0 Å². The number of anilines is 1. The van der Waals surface area contributed by atoms with Crippen LogP contribution in [0.4, 0.5) is 14.6 Å². The minimum absolute atomic E-state index is 0.0300. The summed E-state index contributed by atoms with van der Waals surface area (Å²) in [6, 6.07) is 10.8. The first kappa shape index (κ1) is 27.7. The van der Waals surface area contributed by atoms with Gasteiger partial charge in [0.05, 0.1) is 6.33 Å². The van der Waals surface area contributed by atoms with Crippen molar-refractivity contribution in [3.05, 3.63) is 83.3 Å². The summed E-state index contributed by atoms with van der Waals surface area (Å²) in [7, 11) is 0. The zero-order chi connectivity index (χ0) is 28.3. The number of hydrogen-bond acceptors (Lipinski definition) is 4. The van der Waals surface area contributed by atoms with Crippen molar-refractivity contribution < 1.29 is 18.4 Å². The third-order valence-electron chi connectivity index (χ3n) is 8.02. The number of carbonyl (C=O) groups is 2. The number of rotatable bonds is 8. The number of likely N-dealkylation sites (tertiary alicyclic amines) is 1. The second-order valence-electron chi connectivity index (χ2n) is 11.2. The molecule has 0 bridgehead atoms. The monoisotopic (exact) mass is 547 g/mol. The summed E-state index contributed by atoms with van der Waals surface area (Å²) in [6.45, 7) is 5.23. The molecule has 1 unspecified atom stereocenters. The molecule has 2 aliphatic rings. The summed E-state index contributed by atoms with van der Waals surface area (Å²) in [4.78, 5) is 37.3. The minimum Gasteiger partial charge on any atom is -0.341 e. The fraction of sp³-hybridized carbons (Fsp3) is 0.419. The topological polar surface area (TPSA) is 79.6 Å². The van der Waals surface area contributed by atoms with Gasteiger partial charge < -0.3 is 14.8 Å². The first-order chi connectivity index (χ1) is 19.2. The first-order valence-corrected chi connectivity index (χ1v) is 13.9. The number of benzene rings is 2. The van der Waals surface area contributed by atoms with E-state index >= 15 is 0 Å². The van der Waals surface area contributed by atoms with E-state index < -0.39 is 23.2 Å². The van der Waals surface area contributed by atoms with Gasteiger partial charge in [0.25, 0.3) is 5.91 Å². The maximum atomic E-state index is 14.3. The van der Waals surface area contributed by atoms with Crippen molar-refractivity contribution in [2.24, 2.45) is 10.9 Å². The summed E-state index contributed by atoms with van der Waals surface area (Å²) in [5.41, 5.74) is 1.21. The Kier molecular flexibility index (Phi) is 8.09. The van der Waals surface area contributed by atoms with Crippen LogP contribution in [0.1, 0.15) is 62.3 Å². The highest BCUT2D eigenvalue weighted by Crippen LogP contribution is 2.30. The second kappa shape index (κ2) is 11.7. The molecule has 1 saturated heterocycles. The Balaban J connectivity index is 1.27. The van der Waals surface area contributed by atoms with Crippen molar-refractivity contribution in [1.29, 1.82) is 0 Å². The molecule has 0 saturated carbocycles. The SMILES string of the molecule is CC(C)(C(=O)N1CCCC1)n1cnc(NC(=O)[C@@H](N=CCC2CCc3cc(F)cc(F)c3C2)c2ccccc2)c1. The van der Waals surface area contributed by atoms with Gasteiger partial charge in [-0.05, 0) is 81.0 Å². The van der Waals surface area contributed by atoms with Crippen LogP contribution < -0.4 is 5.32 Å². The number of halogens is 2. The Morgan fingerprint density at radius 2 is 1.93 bits per heavy atom. The molecule has 0 radical (unpaired) electrons. The van der Waals surface area contributed by atoms with Gasteiger partial charge in [-0.2, -0.15) is 0 Å². The zero-order valence-corrected chi connectivity index (χ0v) is 22.9. The summed E-state index contributed by atoms with van der Waals surface area (Å²) in [6.07, 6.45) is 9.51. The van der Waals surface area contributed by atoms with Crippen molar-refractivity contribution in [3.8, 4) is 0 Å². The number of imidazole rings is 1. The smallest absolute Gasteiger partial charge is 0.254 e. The molecule has 2 atom stereocenters. The number of aryl methyl sites for hydroxylation is 1. The Morgan fingerprint density at radius 3 is 2.67 bits per heavy atom. The molecule has 0 spiro atoms. The van der Waals surface area contributed by atoms with Crippen LogP contribution >= 0.6 is 0 Å². The van der Waals surface area contributed by atoms with Gasteiger partial charge in [-0.15, -0.1) is 0 Å². The average Bonchev–Trinajstić information content (AvgIpc) is 3.64. The summed E-state index contributed by atoms with van der Waals surface area (Å²) in [5, 5.41) is 2.86. The van der Waals surface area contributed by atoms with E-state index in [1.54, 1.807) is 23.3 Å². The predicted octanol–water partition coefficient (Wildman–Crippen LogP) is 5.46. The molecule has 1 aromatic heterocycles. The van der Waals surface area contributed by atoms with E-state index in [2.05, 4.69) is 15.3 Å². The van der Waals surface area contributed by atoms with Crippen LogP contribution in [-0.2, 0) is 28.0 Å². The van der Waals surface area contributed by atoms with Crippen LogP contribution in [-0.4, -0.2) is 45.6 Å². The Hall–Kier alpha value is -3.88. The number of amides is 2. The zero-order valence-electron chi connectivity index (χ0n) is 22.9. The molecule has 1 aliphatic carbocycles. The van der Waals surface area contributed by atoms with Crippen molar-refractivity contribution in [2.75, 3.05) is 18.4 Å². The van der Waals surface area contributed by atoms with Gasteiger partial charge in [-0.25, -0.2) is 13.8 Å². The Bertz CT molecular complexity index is 1400. The number of nitrogens with zero attached hydrogens (tertiary/aromatic N) is 4. The van der Waals surface area contributed by atoms with Crippen molar-refractivity contribution in [1.82, 2.24) is 14.5 Å². The van der Waals surface area contributed by atoms with Gasteiger partial charge in [0.2, 0.25) is 5.91 Å². The highest BCUT2D eigenvalue weighted by Gasteiger charge is 2.35. The summed E-state index contributed by atoms with van der Waals surface area (Å²) >= 11 is 0. The van der Waals surface area contributed by atoms with E-state index in [0.717, 1.165) is 49.5 Å². The Morgan fingerprint density at radius 1 is 1.18 bits per heavy atom. The molecule has 5 rings (SSSR count). The minimum atomic E-state index is -0.832. The van der Waals surface area contributed by atoms with E-state index in [4.69, 9.17) is 0 Å². The highest BCUT2D eigenvalue weighted by atomic mass is 19.1. The van der Waals surface area contributed by atoms with Gasteiger partial charge in [0, 0.05) is 31.6 Å². The molecular formula is C31H35F2N5O2. The lowest BCUT2D eigenvalue weighted by atomic mass is 9.82. The van der Waals surface area contributed by atoms with E-state index in [0.29, 0.717) is 30.6 Å². The number of hydrogen-bond donors (Lipinski definition) is 1. The molecule has 1 fully saturated rings. The van der Waals surface area contributed by atoms with Crippen LogP contribution in [0, 0.1) is 17.6 Å². The molecule has 1 aliphatic heterocycles. The van der Waals surface area contributed by atoms with Gasteiger partial charge in [-0.1, -0.05) is 30.3 Å². The fourth-order valence-electron chi connectivity index (χ4n) is 5.62. The quantitative estimate of drug-likeness (QED) is 0.380. The molecule has 3 aromatic rings. The number of fused-ring (bicyclic) bond motifs is 1. The predicted molar refractivity (Wildman–Crippen MR) is 150 cm³/mol. The van der Waals surface area contributed by atoms with Gasteiger partial charge in [-0.3, -0.25) is 14.6 Å². The molecule has 9 heteroatoms. The molecule has 210 valence electrons. The van der Waals surface area contributed by atoms with Crippen molar-refractivity contribution in [2.45, 2.75) is 64.0 Å². The normalized spacial score (nSPS) is 18.1. The number of nitrogens with one attached hydrogen (secondary N) is 1. The molecule has 2 aromatic carbocycles. The van der Waals surface area contributed by atoms with Gasteiger partial charge >= 0.3 is 0 Å². The van der Waals surface area contributed by atoms with Crippen LogP contribution in [0.3, 0.4) is 0 Å². The average molecular weight is 548 g/mol. The molecule has 7 nitrogen and oxygen atoms in total. The maximum Gasteiger partial charge on any atom is 0.254 e. The third kappa shape index (κ3) is 5.98. The molecule has 2 heterocycles. The number of aliphatic imine (C=N–C) groups is 1. The lowest BCUT2D eigenvalue weighted by Gasteiger charge is -2.30. The number of carbonyl (C=O) groups excluding carboxylic acids is 2. The van der Waals surface area contributed by atoms with Gasteiger partial charge in [0.1, 0.15) is 17.2 Å². The standard InChI is InChI=1S/C31H35F2N5O2/c1-31(2,30(40)37-14-6-7-15-37)38-19-27(35-20-38)36-29(39)28(22-8-4-3-5-9-22)34-13-12-21-10-11-23-17-24(32)18-26(33)25(23)16-21/h3-5,8-9,13,17-21,28H,6-7,10-12,14-16H2,1-2H3,(H,36,39)/t21?,28-/m0/s1. The largest absolute Gasteiger partial charge is 0.341 e. The Labute approximate surface area is 233 Å². The lowest BCUT2D eigenvalue weighted by Crippen LogP contribution is -2.45. The van der Waals surface area contributed by atoms with Crippen LogP contribution in [0.5, 0.6) is 0 Å². The summed E-state index contributed by atoms with van der Waals surface area (Å²) < 4.78 is 29.6. The molecule has 2 amide bonds. The fourth-order valence-corrected chi connectivity index (χ4v) is 5.62. The first-order valence-electron chi connectivity index (χ1n) is 13.9. The highest BCUT2D eigenvalue weighted by molar-refractivity contribution is 5.95. The maximum absolute atomic E-state index is 14.3. The summed E-state index contributed by atoms with van der Waals surface area (Å²) in [5.74, 6) is -0.853. The van der Waals surface area contributed by atoms with Crippen LogP contribution in [0.25, 0.3) is 0 Å². The van der Waals surface area contributed by atoms with Crippen molar-refractivity contribution >= 4 is 23.8 Å². The van der Waals surface area contributed by atoms with Gasteiger partial charge in [0.15, 0.2) is 11.9 Å². The number of aromatic nitrogens is 2. The van der Waals surface area contributed by atoms with Crippen LogP contribution in [0.2, 0.25) is 0 Å². The molecule has 40 heavy (non-hydrogen) atoms. The van der Waals surface area contributed by atoms with E-state index in [1.165, 1.54) is 6.07 Å². The van der Waals surface area contributed by atoms with E-state index in [9.17, 15) is 18.4 Å². The van der Waals surface area contributed by atoms with Crippen LogP contribution in [0.15, 0.2) is 60.0 Å². The van der Waals surface area contributed by atoms with E-state index in [1.807, 2.05) is 49.1 Å². The second-order valence-corrected chi connectivity index (χ2v) is 11.2. The molecular weight excluding hydrogens is 512 g/mol. The lowest BCUT2D eigenvalue weighted by molar-refractivity contribution is -0.138. The molecule has 1 N–H and O–H groups in total. The third-order valence-corrected chi connectivity index (χ3v) is 8.02. The van der Waals surface area contributed by atoms with E-state index in [-0.39, 0.29) is 17.7 Å².